The van der Waals surface area contributed by atoms with Crippen molar-refractivity contribution in [2.24, 2.45) is 0 Å². The van der Waals surface area contributed by atoms with E-state index in [1.165, 1.54) is 35.0 Å². The number of aryl methyl sites for hydroxylation is 1. The van der Waals surface area contributed by atoms with Crippen LogP contribution in [0.25, 0.3) is 0 Å². The second kappa shape index (κ2) is 6.12. The molecular weight excluding hydrogens is 266 g/mol. The summed E-state index contributed by atoms with van der Waals surface area (Å²) >= 11 is 1.88. The number of likely N-dealkylation sites (N-methyl/N-ethyl adjacent to an activating group) is 1. The lowest BCUT2D eigenvalue weighted by Gasteiger charge is -2.32. The van der Waals surface area contributed by atoms with E-state index in [-0.39, 0.29) is 5.41 Å². The van der Waals surface area contributed by atoms with E-state index in [1.807, 2.05) is 11.3 Å². The third-order valence-corrected chi connectivity index (χ3v) is 5.74. The lowest BCUT2D eigenvalue weighted by molar-refractivity contribution is 0.219. The zero-order valence-electron chi connectivity index (χ0n) is 13.8. The number of rotatable bonds is 3. The van der Waals surface area contributed by atoms with Gasteiger partial charge in [-0.05, 0) is 40.3 Å². The smallest absolute Gasteiger partial charge is 0.0985 e. The number of hydrogen-bond donors (Lipinski definition) is 1. The van der Waals surface area contributed by atoms with Gasteiger partial charge in [0, 0.05) is 28.9 Å². The number of aromatic nitrogens is 1. The third kappa shape index (κ3) is 3.80. The van der Waals surface area contributed by atoms with Gasteiger partial charge in [0.05, 0.1) is 10.7 Å². The highest BCUT2D eigenvalue weighted by atomic mass is 32.1. The molecule has 1 aliphatic rings. The van der Waals surface area contributed by atoms with Crippen LogP contribution in [0, 0.1) is 6.92 Å². The lowest BCUT2D eigenvalue weighted by Crippen LogP contribution is -2.44. The average molecular weight is 295 g/mol. The highest BCUT2D eigenvalue weighted by Crippen LogP contribution is 2.32. The summed E-state index contributed by atoms with van der Waals surface area (Å²) in [4.78, 5) is 8.61. The summed E-state index contributed by atoms with van der Waals surface area (Å²) in [7, 11) is 2.22. The van der Waals surface area contributed by atoms with Gasteiger partial charge in [-0.25, -0.2) is 4.98 Å². The van der Waals surface area contributed by atoms with Crippen LogP contribution < -0.4 is 5.32 Å². The van der Waals surface area contributed by atoms with Crippen LogP contribution in [0.15, 0.2) is 0 Å². The molecule has 0 bridgehead atoms. The Hall–Kier alpha value is -0.450. The zero-order chi connectivity index (χ0) is 14.9. The minimum absolute atomic E-state index is 0.151. The molecular formula is C16H29N3S. The van der Waals surface area contributed by atoms with E-state index < -0.39 is 0 Å². The number of piperidine rings is 1. The fourth-order valence-corrected chi connectivity index (χ4v) is 4.00. The van der Waals surface area contributed by atoms with Crippen LogP contribution in [-0.4, -0.2) is 36.1 Å². The summed E-state index contributed by atoms with van der Waals surface area (Å²) in [5.74, 6) is 0. The van der Waals surface area contributed by atoms with Crippen molar-refractivity contribution in [1.29, 1.82) is 0 Å². The van der Waals surface area contributed by atoms with Gasteiger partial charge in [0.2, 0.25) is 0 Å². The molecule has 1 saturated heterocycles. The first-order valence-electron chi connectivity index (χ1n) is 7.70. The Balaban J connectivity index is 2.05. The normalized spacial score (nSPS) is 23.0. The second-order valence-corrected chi connectivity index (χ2v) is 8.24. The maximum Gasteiger partial charge on any atom is 0.0985 e. The molecule has 4 heteroatoms. The van der Waals surface area contributed by atoms with Gasteiger partial charge in [0.15, 0.2) is 0 Å². The first kappa shape index (κ1) is 15.9. The number of thiazole rings is 1. The molecule has 1 aliphatic heterocycles. The number of nitrogens with zero attached hydrogens (tertiary/aromatic N) is 2. The molecule has 0 aromatic carbocycles. The van der Waals surface area contributed by atoms with Gasteiger partial charge >= 0.3 is 0 Å². The Morgan fingerprint density at radius 1 is 1.40 bits per heavy atom. The summed E-state index contributed by atoms with van der Waals surface area (Å²) in [6.07, 6.45) is 2.59. The monoisotopic (exact) mass is 295 g/mol. The van der Waals surface area contributed by atoms with E-state index in [2.05, 4.69) is 51.9 Å². The van der Waals surface area contributed by atoms with Crippen LogP contribution in [0.4, 0.5) is 0 Å². The van der Waals surface area contributed by atoms with E-state index in [1.54, 1.807) is 0 Å². The number of nitrogens with one attached hydrogen (secondary N) is 1. The summed E-state index contributed by atoms with van der Waals surface area (Å²) in [6.45, 7) is 13.5. The minimum Gasteiger partial charge on any atom is -0.305 e. The predicted octanol–water partition coefficient (Wildman–Crippen LogP) is 3.49. The molecule has 2 rings (SSSR count). The minimum atomic E-state index is 0.151. The van der Waals surface area contributed by atoms with Crippen molar-refractivity contribution in [2.45, 2.75) is 65.0 Å². The quantitative estimate of drug-likeness (QED) is 0.925. The molecule has 0 radical (unpaired) electrons. The molecule has 0 saturated carbocycles. The van der Waals surface area contributed by atoms with E-state index in [9.17, 15) is 0 Å². The Labute approximate surface area is 127 Å². The average Bonchev–Trinajstić information content (AvgIpc) is 2.71. The molecule has 0 spiro atoms. The molecule has 0 aliphatic carbocycles. The van der Waals surface area contributed by atoms with E-state index >= 15 is 0 Å². The molecule has 3 nitrogen and oxygen atoms in total. The van der Waals surface area contributed by atoms with Gasteiger partial charge in [-0.3, -0.25) is 0 Å². The van der Waals surface area contributed by atoms with E-state index in [0.29, 0.717) is 12.1 Å². The molecule has 114 valence electrons. The van der Waals surface area contributed by atoms with Gasteiger partial charge in [-0.15, -0.1) is 11.3 Å². The topological polar surface area (TPSA) is 28.2 Å². The second-order valence-electron chi connectivity index (χ2n) is 7.21. The van der Waals surface area contributed by atoms with Crippen molar-refractivity contribution in [3.05, 3.63) is 15.6 Å². The lowest BCUT2D eigenvalue weighted by atomic mass is 9.98. The van der Waals surface area contributed by atoms with Gasteiger partial charge < -0.3 is 10.2 Å². The first-order valence-corrected chi connectivity index (χ1v) is 8.51. The Kier molecular flexibility index (Phi) is 4.88. The Bertz CT molecular complexity index is 447. The van der Waals surface area contributed by atoms with Crippen molar-refractivity contribution in [1.82, 2.24) is 15.2 Å². The summed E-state index contributed by atoms with van der Waals surface area (Å²) in [6, 6.07) is 1.02. The Morgan fingerprint density at radius 3 is 2.65 bits per heavy atom. The molecule has 0 amide bonds. The van der Waals surface area contributed by atoms with Crippen molar-refractivity contribution in [2.75, 3.05) is 20.1 Å². The molecule has 2 heterocycles. The van der Waals surface area contributed by atoms with Crippen LogP contribution >= 0.6 is 11.3 Å². The fourth-order valence-electron chi connectivity index (χ4n) is 2.86. The van der Waals surface area contributed by atoms with Crippen LogP contribution in [0.2, 0.25) is 0 Å². The van der Waals surface area contributed by atoms with Crippen molar-refractivity contribution in [3.8, 4) is 0 Å². The predicted molar refractivity (Wildman–Crippen MR) is 87.6 cm³/mol. The maximum atomic E-state index is 4.78. The zero-order valence-corrected chi connectivity index (χ0v) is 14.6. The molecule has 1 aromatic rings. The molecule has 2 unspecified atom stereocenters. The molecule has 1 N–H and O–H groups in total. The molecule has 20 heavy (non-hydrogen) atoms. The van der Waals surface area contributed by atoms with Crippen molar-refractivity contribution in [3.63, 3.8) is 0 Å². The van der Waals surface area contributed by atoms with Crippen LogP contribution in [0.1, 0.15) is 62.2 Å². The highest BCUT2D eigenvalue weighted by molar-refractivity contribution is 7.12. The summed E-state index contributed by atoms with van der Waals surface area (Å²) in [5, 5.41) is 5.05. The largest absolute Gasteiger partial charge is 0.305 e. The highest BCUT2D eigenvalue weighted by Gasteiger charge is 2.24. The third-order valence-electron chi connectivity index (χ3n) is 3.98. The first-order chi connectivity index (χ1) is 9.27. The summed E-state index contributed by atoms with van der Waals surface area (Å²) in [5.41, 5.74) is 1.35. The molecule has 1 aromatic heterocycles. The SMILES string of the molecule is Cc1nc(C(C)(C)C)sc1C(C)NC1CCCN(C)C1. The molecule has 1 fully saturated rings. The van der Waals surface area contributed by atoms with Gasteiger partial charge in [0.1, 0.15) is 0 Å². The van der Waals surface area contributed by atoms with Gasteiger partial charge in [-0.1, -0.05) is 20.8 Å². The Morgan fingerprint density at radius 2 is 2.10 bits per heavy atom. The van der Waals surface area contributed by atoms with E-state index in [0.717, 1.165) is 6.54 Å². The number of hydrogen-bond acceptors (Lipinski definition) is 4. The van der Waals surface area contributed by atoms with E-state index in [4.69, 9.17) is 4.98 Å². The van der Waals surface area contributed by atoms with Gasteiger partial charge in [-0.2, -0.15) is 0 Å². The van der Waals surface area contributed by atoms with Crippen LogP contribution in [-0.2, 0) is 5.41 Å². The van der Waals surface area contributed by atoms with Crippen LogP contribution in [0.3, 0.4) is 0 Å². The molecule has 2 atom stereocenters. The maximum absolute atomic E-state index is 4.78. The van der Waals surface area contributed by atoms with Crippen molar-refractivity contribution >= 4 is 11.3 Å². The summed E-state index contributed by atoms with van der Waals surface area (Å²) < 4.78 is 0. The van der Waals surface area contributed by atoms with Crippen molar-refractivity contribution < 1.29 is 0 Å². The van der Waals surface area contributed by atoms with Crippen LogP contribution in [0.5, 0.6) is 0 Å². The standard InChI is InChI=1S/C16H29N3S/c1-11(17-13-8-7-9-19(6)10-13)14-12(2)18-15(20-14)16(3,4)5/h11,13,17H,7-10H2,1-6H3. The van der Waals surface area contributed by atoms with Gasteiger partial charge in [0.25, 0.3) is 0 Å². The number of likely N-dealkylation sites (tertiary alicyclic amines) is 1. The fraction of sp³-hybridized carbons (Fsp3) is 0.812.